The lowest BCUT2D eigenvalue weighted by molar-refractivity contribution is 0.0781. The van der Waals surface area contributed by atoms with Gasteiger partial charge in [-0.2, -0.15) is 0 Å². The molecule has 0 bridgehead atoms. The summed E-state index contributed by atoms with van der Waals surface area (Å²) in [6, 6.07) is 16.0. The zero-order valence-corrected chi connectivity index (χ0v) is 20.4. The van der Waals surface area contributed by atoms with Crippen molar-refractivity contribution in [1.29, 1.82) is 0 Å². The molecule has 0 unspecified atom stereocenters. The zero-order valence-electron chi connectivity index (χ0n) is 20.4. The van der Waals surface area contributed by atoms with Gasteiger partial charge < -0.3 is 14.9 Å². The number of carbonyl (C=O) groups is 1. The maximum absolute atomic E-state index is 12.8. The maximum Gasteiger partial charge on any atom is 0.255 e. The van der Waals surface area contributed by atoms with E-state index in [0.717, 1.165) is 43.9 Å². The number of benzene rings is 2. The number of nitrogens with zero attached hydrogens (tertiary/aromatic N) is 4. The molecule has 5 rings (SSSR count). The number of anilines is 1. The van der Waals surface area contributed by atoms with Crippen LogP contribution in [0.1, 0.15) is 39.0 Å². The fourth-order valence-electron chi connectivity index (χ4n) is 4.89. The number of phenols is 1. The highest BCUT2D eigenvalue weighted by atomic mass is 16.3. The molecule has 1 aromatic heterocycles. The predicted octanol–water partition coefficient (Wildman–Crippen LogP) is 4.15. The summed E-state index contributed by atoms with van der Waals surface area (Å²) in [4.78, 5) is 23.6. The normalized spacial score (nSPS) is 15.4. The highest BCUT2D eigenvalue weighted by Gasteiger charge is 2.30. The monoisotopic (exact) mass is 478 g/mol. The van der Waals surface area contributed by atoms with Crippen LogP contribution in [0, 0.1) is 11.8 Å². The SMILES string of the molecule is C=Cc1c(O)ccc2c1C(=O)N(CCC#Cc1ccc(CN3CCN(c4ccncc4)CC3)cc1)C2. The molecule has 1 N–H and O–H groups in total. The Balaban J connectivity index is 1.09. The first-order valence-corrected chi connectivity index (χ1v) is 12.3. The number of piperazine rings is 1. The molecular weight excluding hydrogens is 448 g/mol. The Morgan fingerprint density at radius 2 is 1.75 bits per heavy atom. The first-order valence-electron chi connectivity index (χ1n) is 12.3. The minimum Gasteiger partial charge on any atom is -0.507 e. The van der Waals surface area contributed by atoms with E-state index in [0.29, 0.717) is 30.6 Å². The minimum absolute atomic E-state index is 0.0661. The number of hydrogen-bond acceptors (Lipinski definition) is 5. The maximum atomic E-state index is 12.8. The summed E-state index contributed by atoms with van der Waals surface area (Å²) in [5.41, 5.74) is 5.52. The number of carbonyl (C=O) groups excluding carboxylic acids is 1. The van der Waals surface area contributed by atoms with Gasteiger partial charge in [0.25, 0.3) is 5.91 Å². The fraction of sp³-hybridized carbons (Fsp3) is 0.267. The van der Waals surface area contributed by atoms with Crippen molar-refractivity contribution >= 4 is 17.7 Å². The number of fused-ring (bicyclic) bond motifs is 1. The number of hydrogen-bond donors (Lipinski definition) is 1. The van der Waals surface area contributed by atoms with Crippen molar-refractivity contribution in [2.24, 2.45) is 0 Å². The number of aromatic nitrogens is 1. The summed E-state index contributed by atoms with van der Waals surface area (Å²) in [7, 11) is 0. The molecule has 36 heavy (non-hydrogen) atoms. The molecule has 6 heteroatoms. The van der Waals surface area contributed by atoms with Crippen LogP contribution in [0.3, 0.4) is 0 Å². The highest BCUT2D eigenvalue weighted by molar-refractivity contribution is 6.02. The van der Waals surface area contributed by atoms with E-state index in [-0.39, 0.29) is 11.7 Å². The van der Waals surface area contributed by atoms with Gasteiger partial charge in [-0.1, -0.05) is 42.7 Å². The van der Waals surface area contributed by atoms with Gasteiger partial charge in [-0.05, 0) is 41.5 Å². The minimum atomic E-state index is -0.0661. The van der Waals surface area contributed by atoms with Crippen LogP contribution in [0.25, 0.3) is 6.08 Å². The van der Waals surface area contributed by atoms with E-state index in [9.17, 15) is 9.90 Å². The topological polar surface area (TPSA) is 59.9 Å². The first-order chi connectivity index (χ1) is 17.6. The van der Waals surface area contributed by atoms with Crippen molar-refractivity contribution < 1.29 is 9.90 Å². The van der Waals surface area contributed by atoms with Gasteiger partial charge in [0.15, 0.2) is 0 Å². The summed E-state index contributed by atoms with van der Waals surface area (Å²) in [5.74, 6) is 6.45. The van der Waals surface area contributed by atoms with E-state index in [1.807, 2.05) is 18.5 Å². The lowest BCUT2D eigenvalue weighted by Gasteiger charge is -2.36. The van der Waals surface area contributed by atoms with Crippen LogP contribution < -0.4 is 4.90 Å². The summed E-state index contributed by atoms with van der Waals surface area (Å²) in [6.45, 7) is 9.90. The molecule has 3 heterocycles. The molecule has 0 radical (unpaired) electrons. The standard InChI is InChI=1S/C30H30N4O2/c1-2-27-28(35)11-10-25-22-34(30(36)29(25)27)16-4-3-5-23-6-8-24(9-7-23)21-32-17-19-33(20-18-32)26-12-14-31-15-13-26/h2,6-15,35H,1,4,16-22H2. The van der Waals surface area contributed by atoms with Gasteiger partial charge in [0.2, 0.25) is 0 Å². The van der Waals surface area contributed by atoms with Crippen molar-refractivity contribution in [2.45, 2.75) is 19.5 Å². The average Bonchev–Trinajstić information content (AvgIpc) is 3.24. The van der Waals surface area contributed by atoms with Gasteiger partial charge in [0.05, 0.1) is 5.56 Å². The fourth-order valence-corrected chi connectivity index (χ4v) is 4.89. The summed E-state index contributed by atoms with van der Waals surface area (Å²) in [5, 5.41) is 10.0. The van der Waals surface area contributed by atoms with E-state index >= 15 is 0 Å². The molecule has 2 aromatic carbocycles. The van der Waals surface area contributed by atoms with Crippen LogP contribution in [0.5, 0.6) is 5.75 Å². The highest BCUT2D eigenvalue weighted by Crippen LogP contribution is 2.32. The quantitative estimate of drug-likeness (QED) is 0.540. The Kier molecular flexibility index (Phi) is 7.01. The largest absolute Gasteiger partial charge is 0.507 e. The number of aromatic hydroxyl groups is 1. The smallest absolute Gasteiger partial charge is 0.255 e. The van der Waals surface area contributed by atoms with Crippen molar-refractivity contribution in [3.63, 3.8) is 0 Å². The number of pyridine rings is 1. The Morgan fingerprint density at radius 1 is 1.00 bits per heavy atom. The molecule has 6 nitrogen and oxygen atoms in total. The molecule has 3 aromatic rings. The molecule has 2 aliphatic heterocycles. The zero-order chi connectivity index (χ0) is 24.9. The third-order valence-electron chi connectivity index (χ3n) is 6.87. The van der Waals surface area contributed by atoms with E-state index in [2.05, 4.69) is 69.6 Å². The van der Waals surface area contributed by atoms with Crippen molar-refractivity contribution in [3.05, 3.63) is 95.3 Å². The molecule has 1 amide bonds. The third kappa shape index (κ3) is 5.12. The first kappa shape index (κ1) is 23.7. The Hall–Kier alpha value is -4.08. The van der Waals surface area contributed by atoms with Crippen LogP contribution in [0.4, 0.5) is 5.69 Å². The molecular formula is C30H30N4O2. The summed E-state index contributed by atoms with van der Waals surface area (Å²) < 4.78 is 0. The van der Waals surface area contributed by atoms with Gasteiger partial charge in [-0.3, -0.25) is 14.7 Å². The number of rotatable bonds is 6. The van der Waals surface area contributed by atoms with Crippen LogP contribution >= 0.6 is 0 Å². The Labute approximate surface area is 212 Å². The van der Waals surface area contributed by atoms with Gasteiger partial charge in [0, 0.05) is 81.4 Å². The second kappa shape index (κ2) is 10.7. The Morgan fingerprint density at radius 3 is 2.47 bits per heavy atom. The van der Waals surface area contributed by atoms with E-state index in [1.165, 1.54) is 11.3 Å². The van der Waals surface area contributed by atoms with Crippen molar-refractivity contribution in [3.8, 4) is 17.6 Å². The van der Waals surface area contributed by atoms with Crippen LogP contribution in [-0.4, -0.2) is 58.5 Å². The molecule has 2 aliphatic rings. The van der Waals surface area contributed by atoms with Crippen LogP contribution in [0.15, 0.2) is 67.5 Å². The molecule has 1 saturated heterocycles. The van der Waals surface area contributed by atoms with E-state index in [1.54, 1.807) is 17.0 Å². The average molecular weight is 479 g/mol. The second-order valence-electron chi connectivity index (χ2n) is 9.18. The lowest BCUT2D eigenvalue weighted by atomic mass is 10.0. The van der Waals surface area contributed by atoms with Gasteiger partial charge in [0.1, 0.15) is 5.75 Å². The van der Waals surface area contributed by atoms with Gasteiger partial charge in [-0.15, -0.1) is 0 Å². The lowest BCUT2D eigenvalue weighted by Crippen LogP contribution is -2.45. The summed E-state index contributed by atoms with van der Waals surface area (Å²) in [6.07, 6.45) is 5.84. The third-order valence-corrected chi connectivity index (χ3v) is 6.87. The van der Waals surface area contributed by atoms with Gasteiger partial charge in [-0.25, -0.2) is 0 Å². The molecule has 1 fully saturated rings. The molecule has 0 aliphatic carbocycles. The van der Waals surface area contributed by atoms with Gasteiger partial charge >= 0.3 is 0 Å². The van der Waals surface area contributed by atoms with E-state index < -0.39 is 0 Å². The molecule has 0 saturated carbocycles. The van der Waals surface area contributed by atoms with Crippen LogP contribution in [0.2, 0.25) is 0 Å². The van der Waals surface area contributed by atoms with E-state index in [4.69, 9.17) is 0 Å². The molecule has 0 atom stereocenters. The summed E-state index contributed by atoms with van der Waals surface area (Å²) >= 11 is 0. The Bertz CT molecular complexity index is 1300. The van der Waals surface area contributed by atoms with Crippen molar-refractivity contribution in [1.82, 2.24) is 14.8 Å². The number of phenolic OH excluding ortho intramolecular Hbond substituents is 1. The van der Waals surface area contributed by atoms with Crippen LogP contribution in [-0.2, 0) is 13.1 Å². The second-order valence-corrected chi connectivity index (χ2v) is 9.18. The predicted molar refractivity (Wildman–Crippen MR) is 143 cm³/mol. The molecule has 182 valence electrons. The number of amides is 1. The molecule has 0 spiro atoms. The van der Waals surface area contributed by atoms with Crippen molar-refractivity contribution in [2.75, 3.05) is 37.6 Å².